The Kier molecular flexibility index (Phi) is 24.2. The van der Waals surface area contributed by atoms with E-state index < -0.39 is 0 Å². The minimum absolute atomic E-state index is 0.142. The van der Waals surface area contributed by atoms with Gasteiger partial charge in [0.1, 0.15) is 0 Å². The summed E-state index contributed by atoms with van der Waals surface area (Å²) in [4.78, 5) is 0. The molecule has 3 aliphatic carbocycles. The molecule has 0 fully saturated rings. The van der Waals surface area contributed by atoms with Crippen LogP contribution in [0.5, 0.6) is 0 Å². The molecule has 0 atom stereocenters. The van der Waals surface area contributed by atoms with Crippen molar-refractivity contribution in [3.05, 3.63) is 438 Å². The second-order valence-corrected chi connectivity index (χ2v) is 30.3. The average molecular weight is 1380 g/mol. The first-order valence-electron chi connectivity index (χ1n) is 37.7. The molecular weight excluding hydrogens is 1270 g/mol. The molecule has 0 radical (unpaired) electrons. The average Bonchev–Trinajstić information content (AvgIpc) is 1.51. The molecule has 0 saturated heterocycles. The first-order chi connectivity index (χ1) is 50.9. The van der Waals surface area contributed by atoms with Gasteiger partial charge in [0.15, 0.2) is 0 Å². The van der Waals surface area contributed by atoms with Crippen LogP contribution in [0.3, 0.4) is 0 Å². The highest BCUT2D eigenvalue weighted by atomic mass is 14.5. The summed E-state index contributed by atoms with van der Waals surface area (Å²) >= 11 is 0. The molecule has 0 aromatic heterocycles. The van der Waals surface area contributed by atoms with Crippen molar-refractivity contribution in [1.29, 1.82) is 0 Å². The maximum Gasteiger partial charge on any atom is 0.0725 e. The topological polar surface area (TPSA) is 0 Å². The number of hydrogen-bond donors (Lipinski definition) is 0. The standard InChI is InChI=1S/C27H20.C17H18.C14H14.2C12H12.3C8H10/c1-17-11-13-21-22-14-12-18(2)16-26(22)27(25(21)15-17)23-9-5-3-7-19(23)20-8-4-6-10-24(20)27;1-11-5-7-13-14-8-6-12(2)10-16(14)17(3,4)15(13)9-11;1-11-3-7-13(8-4-11)14-9-5-12(2)6-10-14;1-9-5-3-8-12-10(2)6-4-7-11(9)12;1-9-7-8-10(2)12-6-4-3-5-11(9)12;1-7-3-5-8(2)6-4-7;1-7-4-3-5-8(2)6-7;1-7-5-3-4-6-8(7)2/h3-16H,1-2H3;5-10H,1-4H3;3-10H,1-2H3;2*3-8H,1-2H3;3*3-6H,1-2H3. The maximum atomic E-state index is 2.41. The van der Waals surface area contributed by atoms with Gasteiger partial charge in [-0.1, -0.05) is 385 Å². The highest BCUT2D eigenvalue weighted by molar-refractivity contribution is 5.95. The van der Waals surface area contributed by atoms with Crippen LogP contribution in [0.15, 0.2) is 315 Å². The van der Waals surface area contributed by atoms with Gasteiger partial charge in [0, 0.05) is 5.41 Å². The van der Waals surface area contributed by atoms with E-state index in [1.54, 1.807) is 0 Å². The SMILES string of the molecule is Cc1ccc(-c2ccc(C)cc2)cc1.Cc1ccc(C)c2ccccc12.Cc1ccc(C)cc1.Cc1ccc2c(c1)C(C)(C)c1cc(C)ccc1-2.Cc1ccc2c(c1)C1(c3ccccc3-c3ccccc31)c1cc(C)ccc1-2.Cc1cccc(C)c1.Cc1cccc2c(C)cccc12.Cc1ccccc1C. The van der Waals surface area contributed by atoms with Crippen molar-refractivity contribution in [3.8, 4) is 44.5 Å². The Labute approximate surface area is 635 Å². The molecule has 18 rings (SSSR count). The Balaban J connectivity index is 0.000000126. The summed E-state index contributed by atoms with van der Waals surface area (Å²) in [6, 6.07) is 114. The zero-order chi connectivity index (χ0) is 75.4. The second-order valence-electron chi connectivity index (χ2n) is 30.3. The molecule has 15 aromatic rings. The third-order valence-electron chi connectivity index (χ3n) is 21.4. The van der Waals surface area contributed by atoms with E-state index in [0.717, 1.165) is 0 Å². The van der Waals surface area contributed by atoms with Crippen LogP contribution in [-0.4, -0.2) is 0 Å². The Hall–Kier alpha value is -11.2. The van der Waals surface area contributed by atoms with E-state index in [4.69, 9.17) is 0 Å². The molecule has 0 saturated carbocycles. The smallest absolute Gasteiger partial charge is 0.0620 e. The number of benzene rings is 15. The maximum absolute atomic E-state index is 2.41. The normalized spacial score (nSPS) is 12.0. The number of aryl methyl sites for hydroxylation is 16. The van der Waals surface area contributed by atoms with E-state index in [2.05, 4.69) is 440 Å². The quantitative estimate of drug-likeness (QED) is 0.154. The molecule has 1 spiro atoms. The van der Waals surface area contributed by atoms with Gasteiger partial charge in [-0.2, -0.15) is 0 Å². The van der Waals surface area contributed by atoms with E-state index in [0.29, 0.717) is 0 Å². The van der Waals surface area contributed by atoms with Crippen molar-refractivity contribution in [2.75, 3.05) is 0 Å². The first kappa shape index (κ1) is 76.0. The minimum Gasteiger partial charge on any atom is -0.0620 e. The van der Waals surface area contributed by atoms with Crippen LogP contribution in [0.4, 0.5) is 0 Å². The predicted octanol–water partition coefficient (Wildman–Crippen LogP) is 29.1. The molecule has 0 amide bonds. The van der Waals surface area contributed by atoms with Gasteiger partial charge in [0.05, 0.1) is 5.41 Å². The third-order valence-corrected chi connectivity index (χ3v) is 21.4. The van der Waals surface area contributed by atoms with Crippen LogP contribution in [0.25, 0.3) is 66.1 Å². The summed E-state index contributed by atoms with van der Waals surface area (Å²) in [5.41, 5.74) is 40.9. The van der Waals surface area contributed by atoms with E-state index >= 15 is 0 Å². The Bertz CT molecular complexity index is 5160. The van der Waals surface area contributed by atoms with Gasteiger partial charge in [-0.25, -0.2) is 0 Å². The zero-order valence-corrected chi connectivity index (χ0v) is 66.0. The first-order valence-corrected chi connectivity index (χ1v) is 37.7. The van der Waals surface area contributed by atoms with Crippen LogP contribution in [0.1, 0.15) is 136 Å². The summed E-state index contributed by atoms with van der Waals surface area (Å²) in [7, 11) is 0. The number of hydrogen-bond acceptors (Lipinski definition) is 0. The van der Waals surface area contributed by atoms with E-state index in [9.17, 15) is 0 Å². The third kappa shape index (κ3) is 17.1. The second kappa shape index (κ2) is 33.7. The van der Waals surface area contributed by atoms with E-state index in [-0.39, 0.29) is 10.8 Å². The Morgan fingerprint density at radius 2 is 0.396 bits per heavy atom. The molecule has 15 aromatic carbocycles. The van der Waals surface area contributed by atoms with Crippen molar-refractivity contribution in [2.45, 2.75) is 135 Å². The largest absolute Gasteiger partial charge is 0.0725 e. The summed E-state index contributed by atoms with van der Waals surface area (Å²) < 4.78 is 0. The van der Waals surface area contributed by atoms with Crippen molar-refractivity contribution >= 4 is 21.5 Å². The molecule has 106 heavy (non-hydrogen) atoms. The molecule has 530 valence electrons. The summed E-state index contributed by atoms with van der Waals surface area (Å²) in [6.07, 6.45) is 0. The van der Waals surface area contributed by atoms with Crippen molar-refractivity contribution in [3.63, 3.8) is 0 Å². The van der Waals surface area contributed by atoms with Crippen LogP contribution in [-0.2, 0) is 10.8 Å². The van der Waals surface area contributed by atoms with Crippen molar-refractivity contribution < 1.29 is 0 Å². The zero-order valence-electron chi connectivity index (χ0n) is 66.0. The molecule has 0 bridgehead atoms. The van der Waals surface area contributed by atoms with Gasteiger partial charge >= 0.3 is 0 Å². The monoisotopic (exact) mass is 1380 g/mol. The molecule has 0 N–H and O–H groups in total. The lowest BCUT2D eigenvalue weighted by Crippen LogP contribution is -2.26. The number of fused-ring (bicyclic) bond motifs is 15. The van der Waals surface area contributed by atoms with E-state index in [1.807, 2.05) is 0 Å². The molecule has 0 unspecified atom stereocenters. The molecule has 0 heterocycles. The van der Waals surface area contributed by atoms with Gasteiger partial charge in [0.2, 0.25) is 0 Å². The molecule has 3 aliphatic rings. The highest BCUT2D eigenvalue weighted by Crippen LogP contribution is 2.63. The summed E-state index contributed by atoms with van der Waals surface area (Å²) in [5.74, 6) is 0. The van der Waals surface area contributed by atoms with E-state index in [1.165, 1.54) is 188 Å². The molecule has 0 heteroatoms. The lowest BCUT2D eigenvalue weighted by molar-refractivity contribution is 0.659. The Morgan fingerprint density at radius 3 is 0.726 bits per heavy atom. The van der Waals surface area contributed by atoms with Gasteiger partial charge < -0.3 is 0 Å². The van der Waals surface area contributed by atoms with Crippen LogP contribution >= 0.6 is 0 Å². The molecule has 0 nitrogen and oxygen atoms in total. The fourth-order valence-electron chi connectivity index (χ4n) is 15.2. The predicted molar refractivity (Wildman–Crippen MR) is 462 cm³/mol. The lowest BCUT2D eigenvalue weighted by atomic mass is 9.70. The van der Waals surface area contributed by atoms with Gasteiger partial charge in [0.25, 0.3) is 0 Å². The summed E-state index contributed by atoms with van der Waals surface area (Å²) in [5, 5.41) is 5.49. The molecular formula is C106H106. The highest BCUT2D eigenvalue weighted by Gasteiger charge is 2.51. The minimum atomic E-state index is -0.199. The van der Waals surface area contributed by atoms with Crippen molar-refractivity contribution in [1.82, 2.24) is 0 Å². The van der Waals surface area contributed by atoms with Crippen LogP contribution in [0.2, 0.25) is 0 Å². The lowest BCUT2D eigenvalue weighted by Gasteiger charge is -2.30. The van der Waals surface area contributed by atoms with Gasteiger partial charge in [-0.3, -0.25) is 0 Å². The molecule has 0 aliphatic heterocycles. The van der Waals surface area contributed by atoms with Gasteiger partial charge in [-0.15, -0.1) is 0 Å². The van der Waals surface area contributed by atoms with Gasteiger partial charge in [-0.05, 0) is 244 Å². The van der Waals surface area contributed by atoms with Crippen molar-refractivity contribution in [2.24, 2.45) is 0 Å². The number of rotatable bonds is 1. The van der Waals surface area contributed by atoms with Crippen LogP contribution in [0, 0.1) is 111 Å². The van der Waals surface area contributed by atoms with Crippen LogP contribution < -0.4 is 0 Å². The fourth-order valence-corrected chi connectivity index (χ4v) is 15.2. The summed E-state index contributed by atoms with van der Waals surface area (Å²) in [6.45, 7) is 38.9. The fraction of sp³-hybridized carbons (Fsp3) is 0.189. The Morgan fingerprint density at radius 1 is 0.160 bits per heavy atom.